The molecule has 4 heterocycles. The van der Waals surface area contributed by atoms with E-state index >= 15 is 0 Å². The summed E-state index contributed by atoms with van der Waals surface area (Å²) >= 11 is 0. The van der Waals surface area contributed by atoms with E-state index in [1.165, 1.54) is 0 Å². The number of aromatic nitrogens is 6. The number of hydrogen-bond donors (Lipinski definition) is 0. The Kier molecular flexibility index (Phi) is 8.11. The highest BCUT2D eigenvalue weighted by Crippen LogP contribution is 2.12. The van der Waals surface area contributed by atoms with Crippen LogP contribution in [0, 0.1) is 0 Å². The summed E-state index contributed by atoms with van der Waals surface area (Å²) in [6.45, 7) is 6.52. The molecule has 12 nitrogen and oxygen atoms in total. The first kappa shape index (κ1) is 21.3. The van der Waals surface area contributed by atoms with Crippen molar-refractivity contribution in [3.63, 3.8) is 0 Å². The summed E-state index contributed by atoms with van der Waals surface area (Å²) in [4.78, 5) is 0. The molecule has 0 aromatic carbocycles. The number of fused-ring (bicyclic) bond motifs is 2. The molecule has 166 valence electrons. The zero-order valence-corrected chi connectivity index (χ0v) is 16.9. The maximum absolute atomic E-state index is 5.69. The lowest BCUT2D eigenvalue weighted by Crippen LogP contribution is -2.32. The minimum absolute atomic E-state index is 0.000181. The molecule has 0 spiro atoms. The van der Waals surface area contributed by atoms with Crippen molar-refractivity contribution in [2.45, 2.75) is 38.5 Å². The van der Waals surface area contributed by atoms with E-state index in [2.05, 4.69) is 20.6 Å². The summed E-state index contributed by atoms with van der Waals surface area (Å²) < 4.78 is 37.3. The van der Waals surface area contributed by atoms with Crippen molar-refractivity contribution in [3.05, 3.63) is 23.8 Å². The van der Waals surface area contributed by atoms with Gasteiger partial charge in [-0.15, -0.1) is 10.2 Å². The predicted molar refractivity (Wildman–Crippen MR) is 100 cm³/mol. The van der Waals surface area contributed by atoms with Crippen molar-refractivity contribution < 1.29 is 28.4 Å². The van der Waals surface area contributed by atoms with Crippen LogP contribution in [-0.2, 0) is 54.7 Å². The highest BCUT2D eigenvalue weighted by molar-refractivity contribution is 4.95. The average Bonchev–Trinajstić information content (AvgIpc) is 3.42. The van der Waals surface area contributed by atoms with E-state index in [0.717, 1.165) is 11.4 Å². The molecule has 0 fully saturated rings. The Morgan fingerprint density at radius 3 is 1.60 bits per heavy atom. The Morgan fingerprint density at radius 1 is 0.700 bits per heavy atom. The van der Waals surface area contributed by atoms with Crippen molar-refractivity contribution in [2.24, 2.45) is 0 Å². The fraction of sp³-hybridized carbons (Fsp3) is 0.778. The fourth-order valence-electron chi connectivity index (χ4n) is 3.18. The smallest absolute Gasteiger partial charge is 0.101 e. The Labute approximate surface area is 174 Å². The molecule has 0 aliphatic carbocycles. The van der Waals surface area contributed by atoms with Crippen molar-refractivity contribution in [1.29, 1.82) is 0 Å². The molecule has 30 heavy (non-hydrogen) atoms. The molecule has 0 saturated heterocycles. The Morgan fingerprint density at radius 2 is 1.13 bits per heavy atom. The Balaban J connectivity index is 0.916. The fourth-order valence-corrected chi connectivity index (χ4v) is 3.18. The summed E-state index contributed by atoms with van der Waals surface area (Å²) in [5, 5.41) is 15.8. The lowest BCUT2D eigenvalue weighted by molar-refractivity contribution is -0.0682. The summed E-state index contributed by atoms with van der Waals surface area (Å²) in [5.41, 5.74) is 1.99. The number of nitrogens with zero attached hydrogens (tertiary/aromatic N) is 6. The monoisotopic (exact) mass is 424 g/mol. The van der Waals surface area contributed by atoms with Crippen molar-refractivity contribution in [3.8, 4) is 0 Å². The summed E-state index contributed by atoms with van der Waals surface area (Å²) in [7, 11) is 0. The quantitative estimate of drug-likeness (QED) is 0.387. The van der Waals surface area contributed by atoms with E-state index < -0.39 is 0 Å². The average molecular weight is 424 g/mol. The second-order valence-corrected chi connectivity index (χ2v) is 7.06. The molecule has 2 atom stereocenters. The van der Waals surface area contributed by atoms with Gasteiger partial charge in [0.1, 0.15) is 12.2 Å². The zero-order chi connectivity index (χ0) is 20.4. The van der Waals surface area contributed by atoms with Gasteiger partial charge in [0.2, 0.25) is 0 Å². The van der Waals surface area contributed by atoms with E-state index in [-0.39, 0.29) is 12.2 Å². The van der Waals surface area contributed by atoms with E-state index in [1.807, 2.05) is 9.36 Å². The summed E-state index contributed by atoms with van der Waals surface area (Å²) in [6.07, 6.45) is 3.44. The Bertz CT molecular complexity index is 693. The van der Waals surface area contributed by atoms with Crippen molar-refractivity contribution >= 4 is 0 Å². The van der Waals surface area contributed by atoms with Gasteiger partial charge in [0.05, 0.1) is 103 Å². The molecular formula is C18H28N6O6. The maximum Gasteiger partial charge on any atom is 0.101 e. The second-order valence-electron chi connectivity index (χ2n) is 7.06. The summed E-state index contributed by atoms with van der Waals surface area (Å²) in [5.74, 6) is 0. The molecule has 2 aliphatic heterocycles. The lowest BCUT2D eigenvalue weighted by atomic mass is 10.3. The van der Waals surface area contributed by atoms with Crippen LogP contribution in [0.2, 0.25) is 0 Å². The van der Waals surface area contributed by atoms with Crippen LogP contribution < -0.4 is 0 Å². The van der Waals surface area contributed by atoms with Gasteiger partial charge in [0.15, 0.2) is 0 Å². The first-order valence-corrected chi connectivity index (χ1v) is 10.2. The molecule has 12 heteroatoms. The molecule has 0 bridgehead atoms. The van der Waals surface area contributed by atoms with Gasteiger partial charge in [-0.25, -0.2) is 9.36 Å². The molecule has 2 aromatic rings. The minimum Gasteiger partial charge on any atom is -0.377 e. The van der Waals surface area contributed by atoms with Crippen molar-refractivity contribution in [2.75, 3.05) is 52.9 Å². The number of rotatable bonds is 13. The third-order valence-corrected chi connectivity index (χ3v) is 4.81. The highest BCUT2D eigenvalue weighted by atomic mass is 16.6. The minimum atomic E-state index is -0.000181. The van der Waals surface area contributed by atoms with E-state index in [1.54, 1.807) is 12.4 Å². The van der Waals surface area contributed by atoms with Gasteiger partial charge in [-0.2, -0.15) is 0 Å². The zero-order valence-electron chi connectivity index (χ0n) is 16.9. The maximum atomic E-state index is 5.69. The van der Waals surface area contributed by atoms with Gasteiger partial charge in [-0.1, -0.05) is 10.4 Å². The molecule has 2 aromatic heterocycles. The van der Waals surface area contributed by atoms with Crippen LogP contribution in [0.25, 0.3) is 0 Å². The highest BCUT2D eigenvalue weighted by Gasteiger charge is 2.20. The topological polar surface area (TPSA) is 117 Å². The van der Waals surface area contributed by atoms with Crippen LogP contribution in [0.15, 0.2) is 12.4 Å². The van der Waals surface area contributed by atoms with Crippen LogP contribution in [0.4, 0.5) is 0 Å². The molecular weight excluding hydrogens is 396 g/mol. The molecule has 0 N–H and O–H groups in total. The third-order valence-electron chi connectivity index (χ3n) is 4.81. The van der Waals surface area contributed by atoms with Gasteiger partial charge in [0.25, 0.3) is 0 Å². The van der Waals surface area contributed by atoms with Gasteiger partial charge >= 0.3 is 0 Å². The van der Waals surface area contributed by atoms with Gasteiger partial charge < -0.3 is 28.4 Å². The Hall–Kier alpha value is -1.96. The normalized spacial score (nSPS) is 20.8. The lowest BCUT2D eigenvalue weighted by Gasteiger charge is -2.23. The van der Waals surface area contributed by atoms with Crippen molar-refractivity contribution in [1.82, 2.24) is 30.0 Å². The van der Waals surface area contributed by atoms with E-state index in [9.17, 15) is 0 Å². The van der Waals surface area contributed by atoms with E-state index in [0.29, 0.717) is 79.2 Å². The standard InChI is InChI=1S/C18H28N6O6/c1(25-3-5-27-13-17-9-23-15(11-29-17)7-19-21-23)2-26-4-6-28-14-18-10-24-16(12-30-18)8-20-22-24/h7-8,17-18H,1-6,9-14H2. The van der Waals surface area contributed by atoms with Crippen LogP contribution >= 0.6 is 0 Å². The second kappa shape index (κ2) is 11.4. The predicted octanol–water partition coefficient (Wildman–Crippen LogP) is -0.566. The van der Waals surface area contributed by atoms with E-state index in [4.69, 9.17) is 28.4 Å². The van der Waals surface area contributed by atoms with Gasteiger partial charge in [0, 0.05) is 0 Å². The van der Waals surface area contributed by atoms with Crippen LogP contribution in [0.5, 0.6) is 0 Å². The molecule has 0 amide bonds. The molecule has 4 rings (SSSR count). The molecule has 0 radical (unpaired) electrons. The van der Waals surface area contributed by atoms with Crippen LogP contribution in [-0.4, -0.2) is 95.1 Å². The van der Waals surface area contributed by atoms with Crippen LogP contribution in [0.3, 0.4) is 0 Å². The largest absolute Gasteiger partial charge is 0.377 e. The number of hydrogen-bond acceptors (Lipinski definition) is 10. The molecule has 0 saturated carbocycles. The van der Waals surface area contributed by atoms with Crippen LogP contribution in [0.1, 0.15) is 11.4 Å². The first-order valence-electron chi connectivity index (χ1n) is 10.2. The molecule has 2 aliphatic rings. The SMILES string of the molecule is c1nnn2c1COC(COCCOCCOCCOCC1Cn3nncc3CO1)C2. The summed E-state index contributed by atoms with van der Waals surface area (Å²) in [6, 6.07) is 0. The van der Waals surface area contributed by atoms with Gasteiger partial charge in [-0.05, 0) is 0 Å². The third kappa shape index (κ3) is 6.27. The van der Waals surface area contributed by atoms with Gasteiger partial charge in [-0.3, -0.25) is 0 Å². The molecule has 2 unspecified atom stereocenters. The first-order chi connectivity index (χ1) is 14.9. The number of ether oxygens (including phenoxy) is 6.